The van der Waals surface area contributed by atoms with Crippen LogP contribution in [0.25, 0.3) is 10.9 Å². The minimum Gasteiger partial charge on any atom is -0.481 e. The molecule has 4 N–H and O–H groups in total. The molecule has 1 atom stereocenters. The van der Waals surface area contributed by atoms with E-state index in [9.17, 15) is 19.5 Å². The van der Waals surface area contributed by atoms with Crippen LogP contribution in [0.2, 0.25) is 0 Å². The van der Waals surface area contributed by atoms with Gasteiger partial charge < -0.3 is 20.5 Å². The van der Waals surface area contributed by atoms with E-state index in [1.807, 2.05) is 11.0 Å². The Morgan fingerprint density at radius 3 is 2.43 bits per heavy atom. The van der Waals surface area contributed by atoms with Crippen LogP contribution in [0.15, 0.2) is 24.4 Å². The van der Waals surface area contributed by atoms with Crippen molar-refractivity contribution >= 4 is 34.4 Å². The summed E-state index contributed by atoms with van der Waals surface area (Å²) in [6, 6.07) is 4.49. The van der Waals surface area contributed by atoms with Crippen molar-refractivity contribution in [3.8, 4) is 0 Å². The summed E-state index contributed by atoms with van der Waals surface area (Å²) in [5, 5.41) is 22.6. The second-order valence-electron chi connectivity index (χ2n) is 7.54. The van der Waals surface area contributed by atoms with Gasteiger partial charge in [0.25, 0.3) is 0 Å². The highest BCUT2D eigenvalue weighted by Crippen LogP contribution is 2.33. The molecule has 1 unspecified atom stereocenters. The lowest BCUT2D eigenvalue weighted by Gasteiger charge is -2.34. The first-order valence-electron chi connectivity index (χ1n) is 9.39. The summed E-state index contributed by atoms with van der Waals surface area (Å²) in [5.74, 6) is -2.51. The number of carboxylic acids is 2. The highest BCUT2D eigenvalue weighted by atomic mass is 16.4. The van der Waals surface area contributed by atoms with Gasteiger partial charge >= 0.3 is 11.9 Å². The zero-order valence-electron chi connectivity index (χ0n) is 15.9. The SMILES string of the molecule is CC(C)C(=O)Nc1ccc2[nH]cc(C(C(=O)O)N3CCC(C(=O)O)CC3)c2c1. The number of aliphatic carboxylic acids is 2. The second kappa shape index (κ2) is 8.02. The van der Waals surface area contributed by atoms with Crippen molar-refractivity contribution in [3.05, 3.63) is 30.0 Å². The van der Waals surface area contributed by atoms with Gasteiger partial charge in [0.15, 0.2) is 0 Å². The van der Waals surface area contributed by atoms with Crippen molar-refractivity contribution in [3.63, 3.8) is 0 Å². The molecule has 2 aromatic rings. The molecule has 1 aromatic heterocycles. The number of carbonyl (C=O) groups is 3. The molecule has 150 valence electrons. The minimum absolute atomic E-state index is 0.109. The number of carbonyl (C=O) groups excluding carboxylic acids is 1. The summed E-state index contributed by atoms with van der Waals surface area (Å²) in [5.41, 5.74) is 2.00. The lowest BCUT2D eigenvalue weighted by molar-refractivity contribution is -0.146. The van der Waals surface area contributed by atoms with Gasteiger partial charge in [0.05, 0.1) is 5.92 Å². The van der Waals surface area contributed by atoms with Gasteiger partial charge in [-0.15, -0.1) is 0 Å². The first-order valence-corrected chi connectivity index (χ1v) is 9.39. The summed E-state index contributed by atoms with van der Waals surface area (Å²) in [7, 11) is 0. The molecule has 2 heterocycles. The number of hydrogen-bond acceptors (Lipinski definition) is 4. The maximum atomic E-state index is 12.1. The zero-order valence-corrected chi connectivity index (χ0v) is 15.9. The van der Waals surface area contributed by atoms with Crippen LogP contribution < -0.4 is 5.32 Å². The lowest BCUT2D eigenvalue weighted by Crippen LogP contribution is -2.41. The van der Waals surface area contributed by atoms with Gasteiger partial charge in [0.2, 0.25) is 5.91 Å². The number of aromatic nitrogens is 1. The van der Waals surface area contributed by atoms with E-state index in [4.69, 9.17) is 5.11 Å². The largest absolute Gasteiger partial charge is 0.481 e. The van der Waals surface area contributed by atoms with E-state index in [2.05, 4.69) is 10.3 Å². The van der Waals surface area contributed by atoms with Crippen molar-refractivity contribution < 1.29 is 24.6 Å². The van der Waals surface area contributed by atoms with Crippen molar-refractivity contribution in [1.82, 2.24) is 9.88 Å². The van der Waals surface area contributed by atoms with Crippen molar-refractivity contribution in [2.45, 2.75) is 32.7 Å². The molecule has 0 aliphatic carbocycles. The zero-order chi connectivity index (χ0) is 20.4. The van der Waals surface area contributed by atoms with E-state index in [1.165, 1.54) is 0 Å². The average molecular weight is 387 g/mol. The molecule has 0 bridgehead atoms. The van der Waals surface area contributed by atoms with Crippen LogP contribution in [0.4, 0.5) is 5.69 Å². The molecule has 3 rings (SSSR count). The highest BCUT2D eigenvalue weighted by molar-refractivity contribution is 5.96. The first-order chi connectivity index (χ1) is 13.3. The fourth-order valence-corrected chi connectivity index (χ4v) is 3.62. The van der Waals surface area contributed by atoms with Crippen molar-refractivity contribution in [1.29, 1.82) is 0 Å². The number of amides is 1. The quantitative estimate of drug-likeness (QED) is 0.604. The Bertz CT molecular complexity index is 896. The molecule has 1 aliphatic heterocycles. The number of fused-ring (bicyclic) bond motifs is 1. The van der Waals surface area contributed by atoms with Crippen molar-refractivity contribution in [2.24, 2.45) is 11.8 Å². The summed E-state index contributed by atoms with van der Waals surface area (Å²) in [6.45, 7) is 4.42. The number of likely N-dealkylation sites (tertiary alicyclic amines) is 1. The summed E-state index contributed by atoms with van der Waals surface area (Å²) in [6.07, 6.45) is 2.54. The molecular formula is C20H25N3O5. The average Bonchev–Trinajstić information content (AvgIpc) is 3.05. The number of piperidine rings is 1. The predicted octanol–water partition coefficient (Wildman–Crippen LogP) is 2.68. The first kappa shape index (κ1) is 19.9. The predicted molar refractivity (Wildman–Crippen MR) is 104 cm³/mol. The standard InChI is InChI=1S/C20H25N3O5/c1-11(2)18(24)22-13-3-4-16-14(9-13)15(10-21-16)17(20(27)28)23-7-5-12(6-8-23)19(25)26/h3-4,9-12,17,21H,5-8H2,1-2H3,(H,22,24)(H,25,26)(H,27,28). The Balaban J connectivity index is 1.90. The number of nitrogens with zero attached hydrogens (tertiary/aromatic N) is 1. The Labute approximate surface area is 162 Å². The van der Waals surface area contributed by atoms with Gasteiger partial charge in [-0.1, -0.05) is 13.8 Å². The van der Waals surface area contributed by atoms with E-state index in [0.717, 1.165) is 10.9 Å². The topological polar surface area (TPSA) is 123 Å². The normalized spacial score (nSPS) is 17.0. The molecule has 0 saturated carbocycles. The maximum Gasteiger partial charge on any atom is 0.325 e. The molecule has 8 heteroatoms. The number of H-pyrrole nitrogens is 1. The molecule has 1 fully saturated rings. The molecule has 1 amide bonds. The molecule has 28 heavy (non-hydrogen) atoms. The van der Waals surface area contributed by atoms with E-state index >= 15 is 0 Å². The summed E-state index contributed by atoms with van der Waals surface area (Å²) >= 11 is 0. The van der Waals surface area contributed by atoms with E-state index in [0.29, 0.717) is 37.2 Å². The minimum atomic E-state index is -0.980. The highest BCUT2D eigenvalue weighted by Gasteiger charge is 2.34. The summed E-state index contributed by atoms with van der Waals surface area (Å²) in [4.78, 5) is 40.1. The maximum absolute atomic E-state index is 12.1. The van der Waals surface area contributed by atoms with Crippen LogP contribution >= 0.6 is 0 Å². The number of anilines is 1. The van der Waals surface area contributed by atoms with E-state index < -0.39 is 23.9 Å². The Kier molecular flexibility index (Phi) is 5.69. The number of aromatic amines is 1. The lowest BCUT2D eigenvalue weighted by atomic mass is 9.94. The smallest absolute Gasteiger partial charge is 0.325 e. The Morgan fingerprint density at radius 2 is 1.86 bits per heavy atom. The number of benzene rings is 1. The third kappa shape index (κ3) is 4.01. The third-order valence-electron chi connectivity index (χ3n) is 5.28. The van der Waals surface area contributed by atoms with Gasteiger partial charge in [-0.2, -0.15) is 0 Å². The van der Waals surface area contributed by atoms with Crippen LogP contribution in [0.5, 0.6) is 0 Å². The molecule has 1 aromatic carbocycles. The van der Waals surface area contributed by atoms with Crippen LogP contribution in [-0.4, -0.2) is 51.0 Å². The number of rotatable bonds is 6. The molecule has 0 radical (unpaired) electrons. The van der Waals surface area contributed by atoms with Gasteiger partial charge in [-0.25, -0.2) is 0 Å². The van der Waals surface area contributed by atoms with Gasteiger partial charge in [0, 0.05) is 47.4 Å². The molecule has 1 saturated heterocycles. The van der Waals surface area contributed by atoms with Crippen LogP contribution in [0.3, 0.4) is 0 Å². The van der Waals surface area contributed by atoms with Crippen molar-refractivity contribution in [2.75, 3.05) is 18.4 Å². The van der Waals surface area contributed by atoms with E-state index in [1.54, 1.807) is 32.2 Å². The number of hydrogen-bond donors (Lipinski definition) is 4. The summed E-state index contributed by atoms with van der Waals surface area (Å²) < 4.78 is 0. The molecular weight excluding hydrogens is 362 g/mol. The fraction of sp³-hybridized carbons (Fsp3) is 0.450. The fourth-order valence-electron chi connectivity index (χ4n) is 3.62. The van der Waals surface area contributed by atoms with Crippen LogP contribution in [0, 0.1) is 11.8 Å². The third-order valence-corrected chi connectivity index (χ3v) is 5.28. The molecule has 1 aliphatic rings. The van der Waals surface area contributed by atoms with Gasteiger partial charge in [-0.05, 0) is 31.0 Å². The Morgan fingerprint density at radius 1 is 1.18 bits per heavy atom. The molecule has 0 spiro atoms. The van der Waals surface area contributed by atoms with E-state index in [-0.39, 0.29) is 11.8 Å². The monoisotopic (exact) mass is 387 g/mol. The van der Waals surface area contributed by atoms with Gasteiger partial charge in [0.1, 0.15) is 6.04 Å². The van der Waals surface area contributed by atoms with Crippen LogP contribution in [0.1, 0.15) is 38.3 Å². The van der Waals surface area contributed by atoms with Crippen LogP contribution in [-0.2, 0) is 14.4 Å². The number of carboxylic acid groups (broad SMARTS) is 2. The Hall–Kier alpha value is -2.87. The molecule has 8 nitrogen and oxygen atoms in total. The second-order valence-corrected chi connectivity index (χ2v) is 7.54. The van der Waals surface area contributed by atoms with Gasteiger partial charge in [-0.3, -0.25) is 19.3 Å². The number of nitrogens with one attached hydrogen (secondary N) is 2.